The summed E-state index contributed by atoms with van der Waals surface area (Å²) in [5.74, 6) is -0.370. The van der Waals surface area contributed by atoms with Gasteiger partial charge in [-0.2, -0.15) is 0 Å². The van der Waals surface area contributed by atoms with Crippen molar-refractivity contribution in [2.45, 2.75) is 19.5 Å². The van der Waals surface area contributed by atoms with Gasteiger partial charge >= 0.3 is 5.97 Å². The number of carboxylic acid groups (broad SMARTS) is 1. The third-order valence-corrected chi connectivity index (χ3v) is 3.39. The van der Waals surface area contributed by atoms with Crippen LogP contribution in [-0.2, 0) is 6.54 Å². The first-order valence-electron chi connectivity index (χ1n) is 5.80. The second kappa shape index (κ2) is 4.89. The molecule has 0 saturated carbocycles. The van der Waals surface area contributed by atoms with Crippen molar-refractivity contribution in [3.8, 4) is 0 Å². The summed E-state index contributed by atoms with van der Waals surface area (Å²) < 4.78 is 5.25. The molecule has 1 aliphatic rings. The van der Waals surface area contributed by atoms with E-state index in [0.717, 1.165) is 19.6 Å². The molecule has 2 heterocycles. The zero-order chi connectivity index (χ0) is 12.4. The molecule has 1 aromatic heterocycles. The lowest BCUT2D eigenvalue weighted by atomic mass is 10.2. The number of aromatic carboxylic acids is 1. The summed E-state index contributed by atoms with van der Waals surface area (Å²) in [6, 6.07) is 2.00. The molecule has 1 aromatic rings. The largest absolute Gasteiger partial charge is 0.478 e. The molecule has 0 bridgehead atoms. The van der Waals surface area contributed by atoms with E-state index in [0.29, 0.717) is 18.3 Å². The summed E-state index contributed by atoms with van der Waals surface area (Å²) in [5, 5.41) is 8.99. The monoisotopic (exact) mass is 238 g/mol. The molecule has 1 saturated heterocycles. The first-order valence-corrected chi connectivity index (χ1v) is 5.80. The summed E-state index contributed by atoms with van der Waals surface area (Å²) in [7, 11) is 2.11. The van der Waals surface area contributed by atoms with Gasteiger partial charge in [0.2, 0.25) is 0 Å². The van der Waals surface area contributed by atoms with Crippen LogP contribution in [0.2, 0.25) is 0 Å². The van der Waals surface area contributed by atoms with Crippen molar-refractivity contribution in [2.75, 3.05) is 26.7 Å². The maximum absolute atomic E-state index is 11.0. The number of rotatable bonds is 3. The minimum atomic E-state index is -0.920. The van der Waals surface area contributed by atoms with E-state index >= 15 is 0 Å². The van der Waals surface area contributed by atoms with Gasteiger partial charge in [0.1, 0.15) is 11.3 Å². The molecular formula is C12H18N2O3. The highest BCUT2D eigenvalue weighted by molar-refractivity contribution is 5.88. The van der Waals surface area contributed by atoms with E-state index < -0.39 is 5.97 Å². The van der Waals surface area contributed by atoms with Gasteiger partial charge in [0, 0.05) is 25.7 Å². The Bertz CT molecular complexity index is 402. The molecule has 94 valence electrons. The summed E-state index contributed by atoms with van der Waals surface area (Å²) in [6.45, 7) is 5.64. The highest BCUT2D eigenvalue weighted by Crippen LogP contribution is 2.16. The van der Waals surface area contributed by atoms with E-state index in [2.05, 4.69) is 23.8 Å². The van der Waals surface area contributed by atoms with E-state index in [1.165, 1.54) is 12.3 Å². The van der Waals surface area contributed by atoms with Gasteiger partial charge in [-0.25, -0.2) is 4.79 Å². The third-order valence-electron chi connectivity index (χ3n) is 3.39. The predicted octanol–water partition coefficient (Wildman–Crippen LogP) is 1.11. The van der Waals surface area contributed by atoms with Gasteiger partial charge in [-0.15, -0.1) is 0 Å². The molecule has 0 aromatic carbocycles. The fourth-order valence-corrected chi connectivity index (χ4v) is 2.12. The molecule has 2 rings (SSSR count). The SMILES string of the molecule is CC1CN(Cc2occc2C(=O)O)CCN1C. The molecule has 1 N–H and O–H groups in total. The lowest BCUT2D eigenvalue weighted by molar-refractivity contribution is 0.0686. The molecule has 5 heteroatoms. The first-order chi connectivity index (χ1) is 8.08. The van der Waals surface area contributed by atoms with Crippen molar-refractivity contribution in [2.24, 2.45) is 0 Å². The summed E-state index contributed by atoms with van der Waals surface area (Å²) in [6.07, 6.45) is 1.44. The molecule has 0 radical (unpaired) electrons. The van der Waals surface area contributed by atoms with E-state index in [-0.39, 0.29) is 5.56 Å². The normalized spacial score (nSPS) is 22.8. The average Bonchev–Trinajstić information content (AvgIpc) is 2.72. The van der Waals surface area contributed by atoms with Crippen molar-refractivity contribution < 1.29 is 14.3 Å². The van der Waals surface area contributed by atoms with Crippen molar-refractivity contribution >= 4 is 5.97 Å². The first kappa shape index (κ1) is 12.1. The zero-order valence-electron chi connectivity index (χ0n) is 10.2. The second-order valence-corrected chi connectivity index (χ2v) is 4.63. The summed E-state index contributed by atoms with van der Waals surface area (Å²) in [5.41, 5.74) is 0.275. The summed E-state index contributed by atoms with van der Waals surface area (Å²) >= 11 is 0. The van der Waals surface area contributed by atoms with E-state index in [4.69, 9.17) is 9.52 Å². The molecule has 0 amide bonds. The van der Waals surface area contributed by atoms with Crippen LogP contribution in [0.15, 0.2) is 16.7 Å². The number of hydrogen-bond acceptors (Lipinski definition) is 4. The molecule has 17 heavy (non-hydrogen) atoms. The van der Waals surface area contributed by atoms with Crippen LogP contribution in [0.5, 0.6) is 0 Å². The Kier molecular flexibility index (Phi) is 3.49. The van der Waals surface area contributed by atoms with Gasteiger partial charge in [-0.05, 0) is 20.0 Å². The standard InChI is InChI=1S/C12H18N2O3/c1-9-7-14(5-4-13(9)2)8-11-10(12(15)16)3-6-17-11/h3,6,9H,4-5,7-8H2,1-2H3,(H,15,16). The molecule has 1 atom stereocenters. The van der Waals surface area contributed by atoms with Crippen LogP contribution < -0.4 is 0 Å². The molecule has 5 nitrogen and oxygen atoms in total. The third kappa shape index (κ3) is 2.68. The van der Waals surface area contributed by atoms with Crippen molar-refractivity contribution in [1.82, 2.24) is 9.80 Å². The van der Waals surface area contributed by atoms with E-state index in [1.807, 2.05) is 0 Å². The smallest absolute Gasteiger partial charge is 0.339 e. The fraction of sp³-hybridized carbons (Fsp3) is 0.583. The zero-order valence-corrected chi connectivity index (χ0v) is 10.2. The fourth-order valence-electron chi connectivity index (χ4n) is 2.12. The van der Waals surface area contributed by atoms with Gasteiger partial charge < -0.3 is 14.4 Å². The Morgan fingerprint density at radius 2 is 2.35 bits per heavy atom. The van der Waals surface area contributed by atoms with Crippen LogP contribution in [-0.4, -0.2) is 53.6 Å². The van der Waals surface area contributed by atoms with Gasteiger partial charge in [0.05, 0.1) is 12.8 Å². The predicted molar refractivity (Wildman–Crippen MR) is 63.0 cm³/mol. The number of nitrogens with zero attached hydrogens (tertiary/aromatic N) is 2. The number of carbonyl (C=O) groups is 1. The lowest BCUT2D eigenvalue weighted by Gasteiger charge is -2.37. The van der Waals surface area contributed by atoms with Gasteiger partial charge in [-0.3, -0.25) is 4.90 Å². The quantitative estimate of drug-likeness (QED) is 0.855. The second-order valence-electron chi connectivity index (χ2n) is 4.63. The van der Waals surface area contributed by atoms with Crippen LogP contribution in [0.25, 0.3) is 0 Å². The maximum Gasteiger partial charge on any atom is 0.339 e. The number of carboxylic acids is 1. The minimum Gasteiger partial charge on any atom is -0.478 e. The Morgan fingerprint density at radius 1 is 1.59 bits per heavy atom. The van der Waals surface area contributed by atoms with E-state index in [1.54, 1.807) is 0 Å². The molecule has 0 spiro atoms. The van der Waals surface area contributed by atoms with Crippen LogP contribution in [0.3, 0.4) is 0 Å². The topological polar surface area (TPSA) is 56.9 Å². The lowest BCUT2D eigenvalue weighted by Crippen LogP contribution is -2.49. The minimum absolute atomic E-state index is 0.275. The van der Waals surface area contributed by atoms with Crippen LogP contribution >= 0.6 is 0 Å². The molecular weight excluding hydrogens is 220 g/mol. The van der Waals surface area contributed by atoms with Crippen molar-refractivity contribution in [3.05, 3.63) is 23.7 Å². The Hall–Kier alpha value is -1.33. The van der Waals surface area contributed by atoms with Crippen LogP contribution in [0.4, 0.5) is 0 Å². The van der Waals surface area contributed by atoms with E-state index in [9.17, 15) is 4.79 Å². The van der Waals surface area contributed by atoms with Crippen LogP contribution in [0.1, 0.15) is 23.0 Å². The Labute approximate surface area is 101 Å². The average molecular weight is 238 g/mol. The number of furan rings is 1. The van der Waals surface area contributed by atoms with Gasteiger partial charge in [0.15, 0.2) is 0 Å². The van der Waals surface area contributed by atoms with Crippen LogP contribution in [0, 0.1) is 0 Å². The molecule has 1 fully saturated rings. The molecule has 1 aliphatic heterocycles. The Morgan fingerprint density at radius 3 is 3.00 bits per heavy atom. The summed E-state index contributed by atoms with van der Waals surface area (Å²) in [4.78, 5) is 15.5. The van der Waals surface area contributed by atoms with Crippen molar-refractivity contribution in [3.63, 3.8) is 0 Å². The number of likely N-dealkylation sites (N-methyl/N-ethyl adjacent to an activating group) is 1. The maximum atomic E-state index is 11.0. The highest BCUT2D eigenvalue weighted by Gasteiger charge is 2.23. The highest BCUT2D eigenvalue weighted by atomic mass is 16.4. The van der Waals surface area contributed by atoms with Gasteiger partial charge in [0.25, 0.3) is 0 Å². The number of hydrogen-bond donors (Lipinski definition) is 1. The van der Waals surface area contributed by atoms with Gasteiger partial charge in [-0.1, -0.05) is 0 Å². The molecule has 1 unspecified atom stereocenters. The van der Waals surface area contributed by atoms with Crippen molar-refractivity contribution in [1.29, 1.82) is 0 Å². The molecule has 0 aliphatic carbocycles. The number of piperazine rings is 1. The Balaban J connectivity index is 2.01.